The Morgan fingerprint density at radius 2 is 0.926 bits per heavy atom. The minimum atomic E-state index is -5.38. The lowest BCUT2D eigenvalue weighted by atomic mass is 9.85. The Balaban J connectivity index is 0.000000148. The molecular weight excluding hydrogens is 1840 g/mol. The molecule has 5 aliphatic rings. The van der Waals surface area contributed by atoms with E-state index in [2.05, 4.69) is 40.0 Å². The molecule has 0 unspecified atom stereocenters. The van der Waals surface area contributed by atoms with Gasteiger partial charge < -0.3 is 24.7 Å². The molecule has 28 nitrogen and oxygen atoms in total. The van der Waals surface area contributed by atoms with Gasteiger partial charge in [0.1, 0.15) is 23.6 Å². The standard InChI is InChI=1S/C32H31F4N5O4S.C32H27F4N5O4S.C32H31FN6O4S/c1-18-26(33)28(35)30(29(36)27(18)34)46(44,45)41-13-12-25(41)32(43)40(22-9-10-23-21(14-22)16-38-39(2)31(23)42)17-19-8-11-24(37-15-19)20-6-4-3-5-7-20;1-18-26(33)28(35)30(29(36)27(18)34)46(44,45)41-13-5-8-25(41)32(43)40(22-11-12-23-24(14-22)38-17-39-31(23)42)16-21-10-9-20(15-37-21)19-6-3-2-4-7-19;1-20-23(16-34)13-26(15-28(20)33)44(42,43)39-12-11-30(39)32(41)38(25-9-10-27-29(14-25)36-19-37-31(27)40)18-24-8-7-22(17-35-24)21-5-3-2-4-6-21/h8-11,14-16,20,25H,3-7,12-13,17H2,1-2H3;5,8-15,17,19H,2-4,6-7,16H2,1H3,(H,38,39,42);7-10,13-15,17,19,21,30H,2-6,11-12,18H2,1H3,(H,36,37,40)/t25-;;30-/m1.1/s1. The van der Waals surface area contributed by atoms with Gasteiger partial charge in [-0.3, -0.25) is 43.7 Å². The summed E-state index contributed by atoms with van der Waals surface area (Å²) in [6, 6.07) is 28.8. The first-order chi connectivity index (χ1) is 65.0. The first kappa shape index (κ1) is 95.7. The normalized spacial score (nSPS) is 16.4. The van der Waals surface area contributed by atoms with Crippen molar-refractivity contribution in [2.75, 3.05) is 27.8 Å². The van der Waals surface area contributed by atoms with E-state index in [0.29, 0.717) is 72.1 Å². The van der Waals surface area contributed by atoms with Crippen LogP contribution in [-0.4, -0.2) is 125 Å². The molecule has 7 aromatic heterocycles. The fraction of sp³-hybridized carbons (Fsp3) is 0.323. The number of rotatable bonds is 21. The molecule has 40 heteroatoms. The number of pyridine rings is 3. The van der Waals surface area contributed by atoms with Crippen molar-refractivity contribution in [2.45, 2.75) is 194 Å². The fourth-order valence-corrected chi connectivity index (χ4v) is 22.9. The van der Waals surface area contributed by atoms with Crippen LogP contribution in [0.3, 0.4) is 0 Å². The minimum absolute atomic E-state index is 0.0107. The number of nitriles is 1. The number of anilines is 3. The Labute approximate surface area is 773 Å². The second-order valence-electron chi connectivity index (χ2n) is 34.4. The summed E-state index contributed by atoms with van der Waals surface area (Å²) < 4.78 is 215. The molecule has 9 heterocycles. The number of amides is 3. The van der Waals surface area contributed by atoms with Crippen molar-refractivity contribution in [1.82, 2.24) is 57.3 Å². The summed E-state index contributed by atoms with van der Waals surface area (Å²) >= 11 is 0. The molecular formula is C96H89F9N16O12S3. The second-order valence-corrected chi connectivity index (χ2v) is 39.8. The van der Waals surface area contributed by atoms with E-state index >= 15 is 0 Å². The van der Waals surface area contributed by atoms with Gasteiger partial charge >= 0.3 is 0 Å². The van der Waals surface area contributed by atoms with Gasteiger partial charge in [-0.05, 0) is 198 Å². The molecule has 3 amide bonds. The van der Waals surface area contributed by atoms with Crippen LogP contribution in [0.4, 0.5) is 56.6 Å². The molecule has 2 aliphatic heterocycles. The first-order valence-electron chi connectivity index (χ1n) is 44.1. The summed E-state index contributed by atoms with van der Waals surface area (Å²) in [5.74, 6) is -17.6. The van der Waals surface area contributed by atoms with Crippen LogP contribution in [0.5, 0.6) is 0 Å². The Kier molecular flexibility index (Phi) is 27.7. The molecule has 2 N–H and O–H groups in total. The number of sulfonamides is 2. The molecule has 0 bridgehead atoms. The van der Waals surface area contributed by atoms with Crippen molar-refractivity contribution in [2.24, 2.45) is 7.05 Å². The lowest BCUT2D eigenvalue weighted by Gasteiger charge is -2.41. The number of aromatic amines is 2. The van der Waals surface area contributed by atoms with Crippen LogP contribution in [0.15, 0.2) is 188 Å². The maximum atomic E-state index is 14.9. The molecule has 5 fully saturated rings. The highest BCUT2D eigenvalue weighted by molar-refractivity contribution is 7.90. The summed E-state index contributed by atoms with van der Waals surface area (Å²) in [4.78, 5) is 107. The molecule has 706 valence electrons. The highest BCUT2D eigenvalue weighted by atomic mass is 32.2. The topological polar surface area (TPSA) is 364 Å². The summed E-state index contributed by atoms with van der Waals surface area (Å²) in [6.07, 6.45) is 27.3. The quantitative estimate of drug-likeness (QED) is 0.0498. The number of halogens is 9. The van der Waals surface area contributed by atoms with Crippen molar-refractivity contribution in [1.29, 1.82) is 5.26 Å². The molecule has 6 aromatic carbocycles. The van der Waals surface area contributed by atoms with E-state index in [-0.39, 0.29) is 93.3 Å². The molecule has 136 heavy (non-hydrogen) atoms. The zero-order valence-electron chi connectivity index (χ0n) is 73.7. The maximum Gasteiger partial charge on any atom is 0.276 e. The molecule has 3 aliphatic carbocycles. The van der Waals surface area contributed by atoms with Gasteiger partial charge in [-0.2, -0.15) is 19.0 Å². The number of hydrogen-bond donors (Lipinski definition) is 2. The van der Waals surface area contributed by atoms with Gasteiger partial charge in [0, 0.05) is 95.7 Å². The van der Waals surface area contributed by atoms with E-state index in [4.69, 9.17) is 0 Å². The van der Waals surface area contributed by atoms with Crippen LogP contribution in [0.1, 0.15) is 193 Å². The van der Waals surface area contributed by atoms with E-state index in [0.717, 1.165) is 134 Å². The SMILES string of the molecule is Cc1c(F)c(F)c(S(=O)(=O)N2CC[C@@H]2C(=O)N(Cc2ccc(C3CCCCC3)nc2)c2ccc3c(=O)n(C)ncc3c2)c(F)c1F.Cc1c(F)c(F)c(S(=O)(=O)n2cccc2C(=O)N(Cc2ccc(C3CCCCC3)cn2)c2ccc3c(=O)[nH]cnc3c2)c(F)c1F.Cc1c(F)cc(S(=O)(=O)N2CC[C@@H]2C(=O)N(Cc2ccc(C3CCCCC3)cn2)c2ccc3c(=O)[nH]cnc3c2)cc1C#N. The van der Waals surface area contributed by atoms with Gasteiger partial charge in [-0.1, -0.05) is 76.0 Å². The summed E-state index contributed by atoms with van der Waals surface area (Å²) in [6.45, 7) is 2.53. The van der Waals surface area contributed by atoms with E-state index < -0.39 is 144 Å². The predicted molar refractivity (Wildman–Crippen MR) is 484 cm³/mol. The number of carbonyl (C=O) groups is 3. The molecule has 0 radical (unpaired) electrons. The summed E-state index contributed by atoms with van der Waals surface area (Å²) in [7, 11) is -13.4. The van der Waals surface area contributed by atoms with Crippen LogP contribution in [0.25, 0.3) is 32.6 Å². The Morgan fingerprint density at radius 3 is 1.40 bits per heavy atom. The van der Waals surface area contributed by atoms with Gasteiger partial charge in [0.05, 0.1) is 93.6 Å². The number of nitrogens with zero attached hydrogens (tertiary/aromatic N) is 14. The molecule has 2 saturated heterocycles. The van der Waals surface area contributed by atoms with Crippen LogP contribution in [0, 0.1) is 84.5 Å². The number of aryl methyl sites for hydroxylation is 1. The molecule has 2 atom stereocenters. The van der Waals surface area contributed by atoms with E-state index in [1.807, 2.05) is 42.6 Å². The number of aromatic nitrogens is 10. The van der Waals surface area contributed by atoms with Crippen molar-refractivity contribution in [3.05, 3.63) is 304 Å². The van der Waals surface area contributed by atoms with Gasteiger partial charge in [0.25, 0.3) is 32.6 Å². The molecule has 3 saturated carbocycles. The van der Waals surface area contributed by atoms with Gasteiger partial charge in [0.2, 0.25) is 31.9 Å². The lowest BCUT2D eigenvalue weighted by Crippen LogP contribution is -2.59. The molecule has 13 aromatic rings. The number of nitrogens with one attached hydrogen (secondary N) is 2. The number of benzene rings is 6. The van der Waals surface area contributed by atoms with Crippen molar-refractivity contribution < 1.29 is 79.2 Å². The Hall–Kier alpha value is -13.5. The van der Waals surface area contributed by atoms with Gasteiger partial charge in [0.15, 0.2) is 56.3 Å². The molecule has 18 rings (SSSR count). The van der Waals surface area contributed by atoms with Gasteiger partial charge in [-0.15, -0.1) is 0 Å². The summed E-state index contributed by atoms with van der Waals surface area (Å²) in [5.41, 5.74) is 2.65. The fourth-order valence-electron chi connectivity index (χ4n) is 18.0. The Bertz CT molecular complexity index is 7440. The zero-order chi connectivity index (χ0) is 96.7. The smallest absolute Gasteiger partial charge is 0.276 e. The van der Waals surface area contributed by atoms with Crippen molar-refractivity contribution in [3.63, 3.8) is 0 Å². The average Bonchev–Trinajstić information content (AvgIpc) is 1.07. The largest absolute Gasteiger partial charge is 0.313 e. The number of H-pyrrole nitrogens is 2. The molecule has 0 spiro atoms. The van der Waals surface area contributed by atoms with Crippen LogP contribution < -0.4 is 31.4 Å². The highest BCUT2D eigenvalue weighted by Gasteiger charge is 2.49. The zero-order valence-corrected chi connectivity index (χ0v) is 76.2. The number of fused-ring (bicyclic) bond motifs is 3. The summed E-state index contributed by atoms with van der Waals surface area (Å²) in [5, 5.41) is 14.8. The Morgan fingerprint density at radius 1 is 0.463 bits per heavy atom. The average molecular weight is 1930 g/mol. The predicted octanol–water partition coefficient (Wildman–Crippen LogP) is 16.0. The second kappa shape index (κ2) is 39.4. The minimum Gasteiger partial charge on any atom is -0.313 e. The van der Waals surface area contributed by atoms with E-state index in [9.17, 15) is 98.8 Å². The third kappa shape index (κ3) is 18.8. The third-order valence-electron chi connectivity index (χ3n) is 26.0. The van der Waals surface area contributed by atoms with Crippen LogP contribution >= 0.6 is 0 Å². The third-order valence-corrected chi connectivity index (χ3v) is 31.6. The van der Waals surface area contributed by atoms with Crippen LogP contribution in [0.2, 0.25) is 0 Å². The first-order valence-corrected chi connectivity index (χ1v) is 48.4. The van der Waals surface area contributed by atoms with E-state index in [1.54, 1.807) is 42.7 Å². The monoisotopic (exact) mass is 1920 g/mol. The van der Waals surface area contributed by atoms with Crippen molar-refractivity contribution >= 4 is 97.4 Å². The van der Waals surface area contributed by atoms with Gasteiger partial charge in [-0.25, -0.2) is 83.4 Å². The maximum absolute atomic E-state index is 14.9. The highest BCUT2D eigenvalue weighted by Crippen LogP contribution is 2.41. The van der Waals surface area contributed by atoms with Crippen LogP contribution in [-0.2, 0) is 66.3 Å². The number of carbonyl (C=O) groups excluding carboxylic acids is 3. The number of hydrogen-bond acceptors (Lipinski definition) is 19. The van der Waals surface area contributed by atoms with E-state index in [1.165, 1.54) is 111 Å². The van der Waals surface area contributed by atoms with Crippen molar-refractivity contribution in [3.8, 4) is 6.07 Å². The lowest BCUT2D eigenvalue weighted by molar-refractivity contribution is -0.125.